The van der Waals surface area contributed by atoms with Crippen LogP contribution in [0.4, 0.5) is 8.78 Å². The summed E-state index contributed by atoms with van der Waals surface area (Å²) in [7, 11) is -3.87. The Balaban J connectivity index is 2.95. The van der Waals surface area contributed by atoms with E-state index in [-0.39, 0.29) is 0 Å². The summed E-state index contributed by atoms with van der Waals surface area (Å²) in [5.41, 5.74) is 0. The van der Waals surface area contributed by atoms with Gasteiger partial charge in [0.2, 0.25) is 0 Å². The van der Waals surface area contributed by atoms with E-state index < -0.39 is 45.6 Å². The van der Waals surface area contributed by atoms with Gasteiger partial charge in [0.25, 0.3) is 5.92 Å². The average Bonchev–Trinajstić information content (AvgIpc) is 1.95. The van der Waals surface area contributed by atoms with Crippen molar-refractivity contribution in [2.24, 2.45) is 0 Å². The second kappa shape index (κ2) is 2.90. The van der Waals surface area contributed by atoms with Crippen LogP contribution in [0.3, 0.4) is 0 Å². The van der Waals surface area contributed by atoms with Crippen LogP contribution >= 0.6 is 0 Å². The molecule has 0 aromatic carbocycles. The Labute approximate surface area is 73.5 Å². The Bertz CT molecular complexity index is 322. The van der Waals surface area contributed by atoms with Crippen molar-refractivity contribution in [1.29, 1.82) is 0 Å². The molecule has 1 atom stereocenters. The zero-order valence-electron chi connectivity index (χ0n) is 6.53. The molecule has 0 saturated carbocycles. The highest BCUT2D eigenvalue weighted by Crippen LogP contribution is 2.33. The van der Waals surface area contributed by atoms with Crippen LogP contribution < -0.4 is 0 Å². The first-order valence-corrected chi connectivity index (χ1v) is 5.28. The molecule has 1 aliphatic rings. The van der Waals surface area contributed by atoms with Gasteiger partial charge < -0.3 is 5.11 Å². The van der Waals surface area contributed by atoms with Crippen LogP contribution in [-0.2, 0) is 14.6 Å². The van der Waals surface area contributed by atoms with E-state index in [2.05, 4.69) is 0 Å². The number of hydrogen-bond acceptors (Lipinski definition) is 3. The van der Waals surface area contributed by atoms with Crippen molar-refractivity contribution in [3.05, 3.63) is 0 Å². The van der Waals surface area contributed by atoms with Crippen molar-refractivity contribution in [3.8, 4) is 0 Å². The predicted molar refractivity (Wildman–Crippen MR) is 39.4 cm³/mol. The molecule has 0 bridgehead atoms. The summed E-state index contributed by atoms with van der Waals surface area (Å²) in [6.07, 6.45) is -1.89. The standard InChI is InChI=1S/C6H8F2O4S/c7-6(8)1-2-13(11,12)4(3-6)5(9)10/h4H,1-3H2,(H,9,10). The normalized spacial score (nSPS) is 31.1. The summed E-state index contributed by atoms with van der Waals surface area (Å²) < 4.78 is 47.3. The van der Waals surface area contributed by atoms with Gasteiger partial charge in [-0.1, -0.05) is 0 Å². The average molecular weight is 214 g/mol. The van der Waals surface area contributed by atoms with Crippen LogP contribution in [0.5, 0.6) is 0 Å². The number of hydrogen-bond donors (Lipinski definition) is 1. The van der Waals surface area contributed by atoms with Gasteiger partial charge >= 0.3 is 5.97 Å². The topological polar surface area (TPSA) is 71.4 Å². The summed E-state index contributed by atoms with van der Waals surface area (Å²) in [4.78, 5) is 10.3. The summed E-state index contributed by atoms with van der Waals surface area (Å²) in [6, 6.07) is 0. The Hall–Kier alpha value is -0.720. The van der Waals surface area contributed by atoms with Crippen molar-refractivity contribution in [2.45, 2.75) is 24.0 Å². The fraction of sp³-hybridized carbons (Fsp3) is 0.833. The summed E-state index contributed by atoms with van der Waals surface area (Å²) in [5, 5.41) is 6.45. The van der Waals surface area contributed by atoms with Crippen LogP contribution in [0.15, 0.2) is 0 Å². The molecular weight excluding hydrogens is 206 g/mol. The minimum atomic E-state index is -3.87. The second-order valence-corrected chi connectivity index (χ2v) is 5.31. The zero-order chi connectivity index (χ0) is 10.3. The van der Waals surface area contributed by atoms with Crippen LogP contribution in [-0.4, -0.2) is 36.4 Å². The molecule has 0 aromatic heterocycles. The Morgan fingerprint density at radius 1 is 1.46 bits per heavy atom. The maximum atomic E-state index is 12.6. The molecule has 0 aromatic rings. The van der Waals surface area contributed by atoms with Crippen molar-refractivity contribution in [2.75, 3.05) is 5.75 Å². The second-order valence-electron chi connectivity index (χ2n) is 3.00. The number of halogens is 2. The van der Waals surface area contributed by atoms with Gasteiger partial charge in [-0.15, -0.1) is 0 Å². The molecule has 0 spiro atoms. The fourth-order valence-electron chi connectivity index (χ4n) is 1.18. The molecular formula is C6H8F2O4S. The minimum absolute atomic E-state index is 0.753. The highest BCUT2D eigenvalue weighted by atomic mass is 32.2. The molecule has 0 aliphatic carbocycles. The number of rotatable bonds is 1. The summed E-state index contributed by atoms with van der Waals surface area (Å²) in [5.74, 6) is -5.62. The lowest BCUT2D eigenvalue weighted by Crippen LogP contribution is -2.43. The van der Waals surface area contributed by atoms with Crippen molar-refractivity contribution < 1.29 is 27.1 Å². The van der Waals surface area contributed by atoms with Crippen LogP contribution in [0, 0.1) is 0 Å². The molecule has 1 N–H and O–H groups in total. The number of sulfone groups is 1. The van der Waals surface area contributed by atoms with Crippen LogP contribution in [0.1, 0.15) is 12.8 Å². The van der Waals surface area contributed by atoms with Crippen molar-refractivity contribution in [3.63, 3.8) is 0 Å². The first-order valence-electron chi connectivity index (χ1n) is 3.57. The van der Waals surface area contributed by atoms with E-state index in [1.54, 1.807) is 0 Å². The number of alkyl halides is 2. The molecule has 1 heterocycles. The lowest BCUT2D eigenvalue weighted by atomic mass is 10.1. The lowest BCUT2D eigenvalue weighted by Gasteiger charge is -2.26. The molecule has 76 valence electrons. The zero-order valence-corrected chi connectivity index (χ0v) is 7.35. The van der Waals surface area contributed by atoms with E-state index in [0.29, 0.717) is 0 Å². The van der Waals surface area contributed by atoms with Gasteiger partial charge in [0.1, 0.15) is 0 Å². The van der Waals surface area contributed by atoms with Crippen molar-refractivity contribution >= 4 is 15.8 Å². The molecule has 1 saturated heterocycles. The van der Waals surface area contributed by atoms with Gasteiger partial charge in [-0.2, -0.15) is 0 Å². The third kappa shape index (κ3) is 2.15. The van der Waals surface area contributed by atoms with Gasteiger partial charge in [-0.25, -0.2) is 17.2 Å². The maximum absolute atomic E-state index is 12.6. The quantitative estimate of drug-likeness (QED) is 0.680. The van der Waals surface area contributed by atoms with Crippen LogP contribution in [0.2, 0.25) is 0 Å². The third-order valence-corrected chi connectivity index (χ3v) is 3.95. The Kier molecular flexibility index (Phi) is 2.31. The van der Waals surface area contributed by atoms with Gasteiger partial charge in [0.05, 0.1) is 5.75 Å². The van der Waals surface area contributed by atoms with Crippen LogP contribution in [0.25, 0.3) is 0 Å². The molecule has 1 fully saturated rings. The van der Waals surface area contributed by atoms with E-state index in [4.69, 9.17) is 5.11 Å². The van der Waals surface area contributed by atoms with Gasteiger partial charge in [-0.05, 0) is 0 Å². The molecule has 1 aliphatic heterocycles. The number of carboxylic acid groups (broad SMARTS) is 1. The fourth-order valence-corrected chi connectivity index (χ4v) is 2.85. The molecule has 1 unspecified atom stereocenters. The summed E-state index contributed by atoms with van der Waals surface area (Å²) >= 11 is 0. The molecule has 0 amide bonds. The molecule has 13 heavy (non-hydrogen) atoms. The van der Waals surface area contributed by atoms with Gasteiger partial charge in [0, 0.05) is 12.8 Å². The van der Waals surface area contributed by atoms with Crippen molar-refractivity contribution in [1.82, 2.24) is 0 Å². The molecule has 4 nitrogen and oxygen atoms in total. The Morgan fingerprint density at radius 3 is 2.38 bits per heavy atom. The smallest absolute Gasteiger partial charge is 0.322 e. The SMILES string of the molecule is O=C(O)C1CC(F)(F)CCS1(=O)=O. The largest absolute Gasteiger partial charge is 0.480 e. The number of carboxylic acids is 1. The number of carbonyl (C=O) groups is 1. The Morgan fingerprint density at radius 2 is 2.00 bits per heavy atom. The van der Waals surface area contributed by atoms with E-state index in [1.807, 2.05) is 0 Å². The monoisotopic (exact) mass is 214 g/mol. The first-order chi connectivity index (χ1) is 5.75. The first kappa shape index (κ1) is 10.4. The maximum Gasteiger partial charge on any atom is 0.322 e. The number of aliphatic carboxylic acids is 1. The van der Waals surface area contributed by atoms with Gasteiger partial charge in [-0.3, -0.25) is 4.79 Å². The molecule has 1 rings (SSSR count). The van der Waals surface area contributed by atoms with Gasteiger partial charge in [0.15, 0.2) is 15.1 Å². The predicted octanol–water partition coefficient (Wildman–Crippen LogP) is 0.284. The highest BCUT2D eigenvalue weighted by Gasteiger charge is 2.47. The van der Waals surface area contributed by atoms with E-state index in [1.165, 1.54) is 0 Å². The van der Waals surface area contributed by atoms with E-state index in [9.17, 15) is 22.0 Å². The molecule has 7 heteroatoms. The third-order valence-electron chi connectivity index (χ3n) is 1.95. The van der Waals surface area contributed by atoms with E-state index in [0.717, 1.165) is 0 Å². The van der Waals surface area contributed by atoms with E-state index >= 15 is 0 Å². The summed E-state index contributed by atoms with van der Waals surface area (Å²) in [6.45, 7) is 0. The highest BCUT2D eigenvalue weighted by molar-refractivity contribution is 7.92. The molecule has 0 radical (unpaired) electrons. The lowest BCUT2D eigenvalue weighted by molar-refractivity contribution is -0.139. The minimum Gasteiger partial charge on any atom is -0.480 e.